The first-order chi connectivity index (χ1) is 16.3. The number of carbonyl (C=O) groups excluding carboxylic acids is 2. The summed E-state index contributed by atoms with van der Waals surface area (Å²) in [4.78, 5) is 26.4. The minimum Gasteiger partial charge on any atom is -0.416 e. The van der Waals surface area contributed by atoms with Gasteiger partial charge in [-0.3, -0.25) is 9.59 Å². The van der Waals surface area contributed by atoms with Gasteiger partial charge < -0.3 is 14.6 Å². The van der Waals surface area contributed by atoms with Crippen molar-refractivity contribution in [3.05, 3.63) is 87.9 Å². The van der Waals surface area contributed by atoms with Crippen LogP contribution in [0.2, 0.25) is 10.0 Å². The molecule has 4 rings (SSSR count). The maximum atomic E-state index is 12.8. The molecular formula is C25H20Cl2N4O3. The van der Waals surface area contributed by atoms with Crippen molar-refractivity contribution < 1.29 is 14.0 Å². The first kappa shape index (κ1) is 23.5. The summed E-state index contributed by atoms with van der Waals surface area (Å²) in [5, 5.41) is 11.6. The number of likely N-dealkylation sites (N-methyl/N-ethyl adjacent to an activating group) is 1. The third-order valence-corrected chi connectivity index (χ3v) is 5.77. The average Bonchev–Trinajstić information content (AvgIpc) is 3.32. The average molecular weight is 495 g/mol. The summed E-state index contributed by atoms with van der Waals surface area (Å²) < 4.78 is 5.78. The zero-order valence-electron chi connectivity index (χ0n) is 18.4. The Morgan fingerprint density at radius 2 is 1.47 bits per heavy atom. The Balaban J connectivity index is 1.39. The third-order valence-electron chi connectivity index (χ3n) is 5.03. The predicted molar refractivity (Wildman–Crippen MR) is 132 cm³/mol. The van der Waals surface area contributed by atoms with Crippen LogP contribution in [0.3, 0.4) is 0 Å². The highest BCUT2D eigenvalue weighted by Gasteiger charge is 2.17. The lowest BCUT2D eigenvalue weighted by Gasteiger charge is -2.17. The molecule has 0 bridgehead atoms. The van der Waals surface area contributed by atoms with Crippen LogP contribution in [0.5, 0.6) is 0 Å². The Labute approximate surface area is 206 Å². The monoisotopic (exact) mass is 494 g/mol. The van der Waals surface area contributed by atoms with E-state index in [1.807, 2.05) is 31.2 Å². The van der Waals surface area contributed by atoms with Gasteiger partial charge in [0.1, 0.15) is 0 Å². The second-order valence-corrected chi connectivity index (χ2v) is 8.51. The largest absolute Gasteiger partial charge is 0.416 e. The van der Waals surface area contributed by atoms with E-state index in [4.69, 9.17) is 27.6 Å². The van der Waals surface area contributed by atoms with E-state index in [1.165, 1.54) is 4.90 Å². The van der Waals surface area contributed by atoms with Gasteiger partial charge in [0.15, 0.2) is 0 Å². The van der Waals surface area contributed by atoms with Crippen LogP contribution in [0, 0.1) is 6.92 Å². The lowest BCUT2D eigenvalue weighted by molar-refractivity contribution is -0.116. The predicted octanol–water partition coefficient (Wildman–Crippen LogP) is 5.73. The Bertz CT molecular complexity index is 1340. The first-order valence-corrected chi connectivity index (χ1v) is 11.1. The standard InChI is InChI=1S/C25H20Cl2N4O3/c1-15-3-5-16(6-4-15)23-29-30-24(34-23)17-7-9-18(10-8-17)25(33)31(2)14-22(32)28-19-11-12-20(26)21(27)13-19/h3-13H,14H2,1-2H3,(H,28,32). The Morgan fingerprint density at radius 3 is 2.06 bits per heavy atom. The summed E-state index contributed by atoms with van der Waals surface area (Å²) in [5.74, 6) is 0.105. The molecule has 1 heterocycles. The zero-order valence-corrected chi connectivity index (χ0v) is 19.9. The van der Waals surface area contributed by atoms with Gasteiger partial charge in [-0.05, 0) is 61.5 Å². The second-order valence-electron chi connectivity index (χ2n) is 7.69. The molecule has 7 nitrogen and oxygen atoms in total. The number of halogens is 2. The van der Waals surface area contributed by atoms with Crippen molar-refractivity contribution in [3.8, 4) is 22.9 Å². The van der Waals surface area contributed by atoms with Gasteiger partial charge in [-0.25, -0.2) is 0 Å². The van der Waals surface area contributed by atoms with E-state index in [9.17, 15) is 9.59 Å². The number of hydrogen-bond acceptors (Lipinski definition) is 5. The molecule has 0 spiro atoms. The molecule has 4 aromatic rings. The van der Waals surface area contributed by atoms with Gasteiger partial charge in [0, 0.05) is 29.4 Å². The number of nitrogens with one attached hydrogen (secondary N) is 1. The number of anilines is 1. The molecule has 2 amide bonds. The van der Waals surface area contributed by atoms with Gasteiger partial charge in [0.25, 0.3) is 5.91 Å². The molecule has 0 saturated heterocycles. The quantitative estimate of drug-likeness (QED) is 0.369. The molecule has 3 aromatic carbocycles. The topological polar surface area (TPSA) is 88.3 Å². The summed E-state index contributed by atoms with van der Waals surface area (Å²) in [6, 6.07) is 19.3. The molecule has 0 atom stereocenters. The van der Waals surface area contributed by atoms with E-state index < -0.39 is 0 Å². The minimum absolute atomic E-state index is 0.135. The van der Waals surface area contributed by atoms with Crippen LogP contribution in [0.25, 0.3) is 22.9 Å². The summed E-state index contributed by atoms with van der Waals surface area (Å²) >= 11 is 11.9. The molecule has 9 heteroatoms. The molecule has 0 radical (unpaired) electrons. The normalized spacial score (nSPS) is 10.7. The summed E-state index contributed by atoms with van der Waals surface area (Å²) in [6.45, 7) is 1.87. The van der Waals surface area contributed by atoms with E-state index in [0.717, 1.165) is 11.1 Å². The number of nitrogens with zero attached hydrogens (tertiary/aromatic N) is 3. The van der Waals surface area contributed by atoms with Crippen LogP contribution < -0.4 is 5.32 Å². The maximum Gasteiger partial charge on any atom is 0.254 e. The fraction of sp³-hybridized carbons (Fsp3) is 0.120. The maximum absolute atomic E-state index is 12.8. The van der Waals surface area contributed by atoms with E-state index in [-0.39, 0.29) is 18.4 Å². The SMILES string of the molecule is Cc1ccc(-c2nnc(-c3ccc(C(=O)N(C)CC(=O)Nc4ccc(Cl)c(Cl)c4)cc3)o2)cc1. The number of amides is 2. The highest BCUT2D eigenvalue weighted by molar-refractivity contribution is 6.42. The van der Waals surface area contributed by atoms with Gasteiger partial charge >= 0.3 is 0 Å². The van der Waals surface area contributed by atoms with E-state index in [0.29, 0.717) is 38.6 Å². The molecule has 0 unspecified atom stereocenters. The van der Waals surface area contributed by atoms with Gasteiger partial charge in [-0.1, -0.05) is 40.9 Å². The van der Waals surface area contributed by atoms with E-state index in [2.05, 4.69) is 15.5 Å². The summed E-state index contributed by atoms with van der Waals surface area (Å²) in [6.07, 6.45) is 0. The van der Waals surface area contributed by atoms with E-state index in [1.54, 1.807) is 49.5 Å². The molecule has 34 heavy (non-hydrogen) atoms. The number of benzene rings is 3. The number of hydrogen-bond donors (Lipinski definition) is 1. The number of aromatic nitrogens is 2. The lowest BCUT2D eigenvalue weighted by atomic mass is 10.1. The van der Waals surface area contributed by atoms with Crippen LogP contribution >= 0.6 is 23.2 Å². The van der Waals surface area contributed by atoms with Crippen molar-refractivity contribution in [1.82, 2.24) is 15.1 Å². The Kier molecular flexibility index (Phi) is 6.95. The van der Waals surface area contributed by atoms with Crippen LogP contribution in [-0.2, 0) is 4.79 Å². The smallest absolute Gasteiger partial charge is 0.254 e. The number of carbonyl (C=O) groups is 2. The molecule has 0 aliphatic rings. The Morgan fingerprint density at radius 1 is 0.882 bits per heavy atom. The fourth-order valence-electron chi connectivity index (χ4n) is 3.19. The molecule has 172 valence electrons. The summed E-state index contributed by atoms with van der Waals surface area (Å²) in [7, 11) is 1.55. The van der Waals surface area contributed by atoms with Crippen molar-refractivity contribution in [2.45, 2.75) is 6.92 Å². The lowest BCUT2D eigenvalue weighted by Crippen LogP contribution is -2.34. The first-order valence-electron chi connectivity index (χ1n) is 10.3. The highest BCUT2D eigenvalue weighted by atomic mass is 35.5. The van der Waals surface area contributed by atoms with Crippen LogP contribution in [-0.4, -0.2) is 40.5 Å². The third kappa shape index (κ3) is 5.44. The second kappa shape index (κ2) is 10.1. The van der Waals surface area contributed by atoms with Gasteiger partial charge in [-0.15, -0.1) is 10.2 Å². The minimum atomic E-state index is -0.361. The highest BCUT2D eigenvalue weighted by Crippen LogP contribution is 2.26. The van der Waals surface area contributed by atoms with Crippen LogP contribution in [0.1, 0.15) is 15.9 Å². The van der Waals surface area contributed by atoms with Gasteiger partial charge in [-0.2, -0.15) is 0 Å². The van der Waals surface area contributed by atoms with Crippen molar-refractivity contribution in [1.29, 1.82) is 0 Å². The van der Waals surface area contributed by atoms with Crippen LogP contribution in [0.15, 0.2) is 71.1 Å². The van der Waals surface area contributed by atoms with Gasteiger partial charge in [0.05, 0.1) is 16.6 Å². The number of aryl methyl sites for hydroxylation is 1. The zero-order chi connectivity index (χ0) is 24.2. The Hall–Kier alpha value is -3.68. The summed E-state index contributed by atoms with van der Waals surface area (Å²) in [5.41, 5.74) is 3.57. The van der Waals surface area contributed by atoms with Crippen molar-refractivity contribution in [2.75, 3.05) is 18.9 Å². The van der Waals surface area contributed by atoms with Gasteiger partial charge in [0.2, 0.25) is 17.7 Å². The molecule has 0 aliphatic carbocycles. The van der Waals surface area contributed by atoms with Crippen molar-refractivity contribution in [3.63, 3.8) is 0 Å². The van der Waals surface area contributed by atoms with E-state index >= 15 is 0 Å². The molecule has 1 aromatic heterocycles. The van der Waals surface area contributed by atoms with Crippen molar-refractivity contribution >= 4 is 40.7 Å². The molecule has 0 aliphatic heterocycles. The molecule has 1 N–H and O–H groups in total. The molecular weight excluding hydrogens is 475 g/mol. The number of rotatable bonds is 6. The molecule has 0 saturated carbocycles. The molecule has 0 fully saturated rings. The fourth-order valence-corrected chi connectivity index (χ4v) is 3.49. The van der Waals surface area contributed by atoms with Crippen LogP contribution in [0.4, 0.5) is 5.69 Å². The van der Waals surface area contributed by atoms with Crippen molar-refractivity contribution in [2.24, 2.45) is 0 Å².